The maximum Gasteiger partial charge on any atom is 0.306 e. The number of carbonyl (C=O) groups is 3. The van der Waals surface area contributed by atoms with E-state index < -0.39 is 6.10 Å². The molecule has 6 heteroatoms. The second kappa shape index (κ2) is 61.1. The number of allylic oxidation sites excluding steroid dienone is 30. The first kappa shape index (κ1) is 69.5. The lowest BCUT2D eigenvalue weighted by atomic mass is 10.1. The highest BCUT2D eigenvalue weighted by molar-refractivity contribution is 5.71. The van der Waals surface area contributed by atoms with Gasteiger partial charge in [0, 0.05) is 19.3 Å². The average molecular weight is 1030 g/mol. The quantitative estimate of drug-likeness (QED) is 0.0261. The average Bonchev–Trinajstić information content (AvgIpc) is 3.41. The molecular formula is C69H104O6. The van der Waals surface area contributed by atoms with Crippen molar-refractivity contribution in [2.45, 2.75) is 219 Å². The van der Waals surface area contributed by atoms with E-state index >= 15 is 0 Å². The summed E-state index contributed by atoms with van der Waals surface area (Å²) in [5.41, 5.74) is 0. The molecule has 0 aromatic rings. The van der Waals surface area contributed by atoms with Crippen LogP contribution in [0.3, 0.4) is 0 Å². The van der Waals surface area contributed by atoms with E-state index in [0.717, 1.165) is 161 Å². The van der Waals surface area contributed by atoms with Gasteiger partial charge in [0.25, 0.3) is 0 Å². The highest BCUT2D eigenvalue weighted by Gasteiger charge is 2.19. The summed E-state index contributed by atoms with van der Waals surface area (Å²) in [4.78, 5) is 38.2. The van der Waals surface area contributed by atoms with Gasteiger partial charge in [-0.1, -0.05) is 222 Å². The Morgan fingerprint density at radius 1 is 0.267 bits per heavy atom. The first-order valence-corrected chi connectivity index (χ1v) is 29.3. The Hall–Kier alpha value is -5.49. The van der Waals surface area contributed by atoms with Crippen LogP contribution in [0.1, 0.15) is 213 Å². The number of hydrogen-bond acceptors (Lipinski definition) is 6. The molecule has 0 amide bonds. The molecule has 6 nitrogen and oxygen atoms in total. The largest absolute Gasteiger partial charge is 0.462 e. The number of ether oxygens (including phenoxy) is 3. The maximum atomic E-state index is 12.8. The molecule has 0 aromatic heterocycles. The van der Waals surface area contributed by atoms with Crippen LogP contribution >= 0.6 is 0 Å². The van der Waals surface area contributed by atoms with E-state index in [1.54, 1.807) is 0 Å². The highest BCUT2D eigenvalue weighted by atomic mass is 16.6. The number of rotatable bonds is 50. The predicted octanol–water partition coefficient (Wildman–Crippen LogP) is 20.1. The Labute approximate surface area is 459 Å². The molecule has 0 bridgehead atoms. The Balaban J connectivity index is 4.51. The fourth-order valence-electron chi connectivity index (χ4n) is 7.11. The van der Waals surface area contributed by atoms with Crippen LogP contribution in [0.2, 0.25) is 0 Å². The molecule has 1 unspecified atom stereocenters. The summed E-state index contributed by atoms with van der Waals surface area (Å²) in [7, 11) is 0. The van der Waals surface area contributed by atoms with Crippen molar-refractivity contribution < 1.29 is 28.6 Å². The first-order chi connectivity index (χ1) is 37.0. The molecule has 1 atom stereocenters. The van der Waals surface area contributed by atoms with E-state index in [2.05, 4.69) is 203 Å². The van der Waals surface area contributed by atoms with Crippen molar-refractivity contribution in [3.05, 3.63) is 182 Å². The van der Waals surface area contributed by atoms with Crippen molar-refractivity contribution in [2.24, 2.45) is 0 Å². The van der Waals surface area contributed by atoms with E-state index in [1.807, 2.05) is 0 Å². The molecule has 0 aliphatic rings. The molecule has 0 aromatic carbocycles. The van der Waals surface area contributed by atoms with Crippen LogP contribution < -0.4 is 0 Å². The minimum absolute atomic E-state index is 0.128. The molecule has 0 fully saturated rings. The van der Waals surface area contributed by atoms with Crippen molar-refractivity contribution in [3.8, 4) is 0 Å². The van der Waals surface area contributed by atoms with Crippen LogP contribution in [0.15, 0.2) is 182 Å². The zero-order chi connectivity index (χ0) is 54.3. The van der Waals surface area contributed by atoms with E-state index in [0.29, 0.717) is 19.3 Å². The minimum atomic E-state index is -0.837. The number of esters is 3. The predicted molar refractivity (Wildman–Crippen MR) is 324 cm³/mol. The van der Waals surface area contributed by atoms with Gasteiger partial charge in [0.1, 0.15) is 13.2 Å². The van der Waals surface area contributed by atoms with Crippen LogP contribution in [0, 0.1) is 0 Å². The molecule has 0 heterocycles. The van der Waals surface area contributed by atoms with Crippen LogP contribution in [0.4, 0.5) is 0 Å². The van der Waals surface area contributed by atoms with Crippen LogP contribution in [-0.4, -0.2) is 37.2 Å². The van der Waals surface area contributed by atoms with E-state index in [4.69, 9.17) is 14.2 Å². The SMILES string of the molecule is CC/C=C\C/C=C\C/C=C\C/C=C\C/C=C\C/C=C\C/C=C\CCCCCCCC(=O)OCC(COC(=O)CCCC/C=C\C/C=C\C/C=C\C/C=C\CC)OC(=O)CCCC/C=C\C/C=C\C/C=C\C/C=C\CC. The van der Waals surface area contributed by atoms with Gasteiger partial charge in [-0.2, -0.15) is 0 Å². The van der Waals surface area contributed by atoms with Gasteiger partial charge < -0.3 is 14.2 Å². The Bertz CT molecular complexity index is 1800. The Morgan fingerprint density at radius 2 is 0.480 bits per heavy atom. The van der Waals surface area contributed by atoms with E-state index in [1.165, 1.54) is 0 Å². The summed E-state index contributed by atoms with van der Waals surface area (Å²) in [6.45, 7) is 6.18. The molecule has 75 heavy (non-hydrogen) atoms. The zero-order valence-corrected chi connectivity index (χ0v) is 47.5. The van der Waals surface area contributed by atoms with Crippen LogP contribution in [-0.2, 0) is 28.6 Å². The van der Waals surface area contributed by atoms with Crippen molar-refractivity contribution in [2.75, 3.05) is 13.2 Å². The van der Waals surface area contributed by atoms with Gasteiger partial charge in [0.2, 0.25) is 0 Å². The standard InChI is InChI=1S/C69H104O6/c1-4-7-10-13-16-19-22-25-28-29-30-31-32-33-34-35-36-37-38-39-42-44-47-50-53-56-59-62-68(71)74-65-66(75-69(72)63-60-57-54-51-48-45-41-27-24-21-18-15-12-9-6-3)64-73-67(70)61-58-55-52-49-46-43-40-26-23-20-17-14-11-8-5-2/h7-12,16-21,25-28,30-31,33-34,36-37,39-42,46,48-49,51,66H,4-6,13-15,22-24,29,32,35,38,43-45,47,50,52-65H2,1-3H3/b10-7-,11-8-,12-9-,19-16-,20-17-,21-18-,28-25-,31-30-,34-33-,37-36-,40-26-,41-27-,42-39-,49-46-,51-48-. The van der Waals surface area contributed by atoms with Gasteiger partial charge in [-0.3, -0.25) is 14.4 Å². The summed E-state index contributed by atoms with van der Waals surface area (Å²) in [6, 6.07) is 0. The molecule has 0 saturated heterocycles. The first-order valence-electron chi connectivity index (χ1n) is 29.3. The third-order valence-electron chi connectivity index (χ3n) is 11.4. The van der Waals surface area contributed by atoms with Gasteiger partial charge >= 0.3 is 17.9 Å². The van der Waals surface area contributed by atoms with Crippen LogP contribution in [0.5, 0.6) is 0 Å². The van der Waals surface area contributed by atoms with E-state index in [9.17, 15) is 14.4 Å². The third-order valence-corrected chi connectivity index (χ3v) is 11.4. The normalized spacial score (nSPS) is 13.5. The molecule has 416 valence electrons. The van der Waals surface area contributed by atoms with Gasteiger partial charge in [-0.15, -0.1) is 0 Å². The minimum Gasteiger partial charge on any atom is -0.462 e. The van der Waals surface area contributed by atoms with Crippen molar-refractivity contribution in [1.82, 2.24) is 0 Å². The fourth-order valence-corrected chi connectivity index (χ4v) is 7.11. The lowest BCUT2D eigenvalue weighted by molar-refractivity contribution is -0.167. The van der Waals surface area contributed by atoms with Crippen molar-refractivity contribution in [3.63, 3.8) is 0 Å². The second-order valence-corrected chi connectivity index (χ2v) is 18.4. The molecule has 0 radical (unpaired) electrons. The van der Waals surface area contributed by atoms with Crippen molar-refractivity contribution >= 4 is 17.9 Å². The monoisotopic (exact) mass is 1030 g/mol. The fraction of sp³-hybridized carbons (Fsp3) is 0.522. The number of unbranched alkanes of at least 4 members (excludes halogenated alkanes) is 9. The van der Waals surface area contributed by atoms with Gasteiger partial charge in [-0.05, 0) is 154 Å². The third kappa shape index (κ3) is 59.3. The molecule has 0 aliphatic heterocycles. The van der Waals surface area contributed by atoms with Gasteiger partial charge in [-0.25, -0.2) is 0 Å². The van der Waals surface area contributed by atoms with Crippen LogP contribution in [0.25, 0.3) is 0 Å². The van der Waals surface area contributed by atoms with E-state index in [-0.39, 0.29) is 44.0 Å². The summed E-state index contributed by atoms with van der Waals surface area (Å²) >= 11 is 0. The topological polar surface area (TPSA) is 78.9 Å². The zero-order valence-electron chi connectivity index (χ0n) is 47.5. The Morgan fingerprint density at radius 3 is 0.773 bits per heavy atom. The second-order valence-electron chi connectivity index (χ2n) is 18.4. The molecule has 0 rings (SSSR count). The highest BCUT2D eigenvalue weighted by Crippen LogP contribution is 2.12. The number of carbonyl (C=O) groups excluding carboxylic acids is 3. The van der Waals surface area contributed by atoms with Gasteiger partial charge in [0.05, 0.1) is 0 Å². The molecule has 0 spiro atoms. The molecule has 0 saturated carbocycles. The molecule has 0 N–H and O–H groups in total. The summed E-state index contributed by atoms with van der Waals surface area (Å²) < 4.78 is 16.8. The lowest BCUT2D eigenvalue weighted by Crippen LogP contribution is -2.30. The smallest absolute Gasteiger partial charge is 0.306 e. The molecule has 0 aliphatic carbocycles. The summed E-state index contributed by atoms with van der Waals surface area (Å²) in [6.07, 6.45) is 91.8. The van der Waals surface area contributed by atoms with Crippen molar-refractivity contribution in [1.29, 1.82) is 0 Å². The van der Waals surface area contributed by atoms with Gasteiger partial charge in [0.15, 0.2) is 6.10 Å². The summed E-state index contributed by atoms with van der Waals surface area (Å²) in [5.74, 6) is -1.04. The lowest BCUT2D eigenvalue weighted by Gasteiger charge is -2.18. The maximum absolute atomic E-state index is 12.8. The Kier molecular flexibility index (Phi) is 56.6. The molecular weight excluding hydrogens is 925 g/mol. The number of hydrogen-bond donors (Lipinski definition) is 0. The summed E-state index contributed by atoms with van der Waals surface area (Å²) in [5, 5.41) is 0.